The van der Waals surface area contributed by atoms with E-state index in [0.717, 1.165) is 19.6 Å². The Morgan fingerprint density at radius 3 is 2.12 bits per heavy atom. The Hall–Kier alpha value is -0.380. The van der Waals surface area contributed by atoms with Crippen molar-refractivity contribution in [2.45, 2.75) is 19.9 Å². The fourth-order valence-electron chi connectivity index (χ4n) is 1.91. The molecule has 0 aliphatic rings. The molecule has 3 nitrogen and oxygen atoms in total. The summed E-state index contributed by atoms with van der Waals surface area (Å²) in [7, 11) is 8.35. The van der Waals surface area contributed by atoms with Crippen molar-refractivity contribution in [3.05, 3.63) is 12.2 Å². The van der Waals surface area contributed by atoms with E-state index in [1.165, 1.54) is 5.57 Å². The van der Waals surface area contributed by atoms with E-state index in [4.69, 9.17) is 0 Å². The second kappa shape index (κ2) is 7.82. The minimum atomic E-state index is 0.553. The fourth-order valence-corrected chi connectivity index (χ4v) is 1.91. The van der Waals surface area contributed by atoms with E-state index in [2.05, 4.69) is 56.7 Å². The van der Waals surface area contributed by atoms with Crippen LogP contribution in [0.25, 0.3) is 0 Å². The van der Waals surface area contributed by atoms with Crippen LogP contribution in [0.1, 0.15) is 13.8 Å². The summed E-state index contributed by atoms with van der Waals surface area (Å²) in [4.78, 5) is 4.50. The predicted molar refractivity (Wildman–Crippen MR) is 72.9 cm³/mol. The zero-order valence-corrected chi connectivity index (χ0v) is 11.9. The molecule has 96 valence electrons. The van der Waals surface area contributed by atoms with Gasteiger partial charge in [0.25, 0.3) is 0 Å². The van der Waals surface area contributed by atoms with E-state index in [1.54, 1.807) is 0 Å². The molecule has 0 fully saturated rings. The number of rotatable bonds is 8. The van der Waals surface area contributed by atoms with E-state index in [-0.39, 0.29) is 0 Å². The summed E-state index contributed by atoms with van der Waals surface area (Å²) in [6.07, 6.45) is 0. The van der Waals surface area contributed by atoms with Gasteiger partial charge in [0.1, 0.15) is 0 Å². The van der Waals surface area contributed by atoms with Crippen molar-refractivity contribution in [3.63, 3.8) is 0 Å². The van der Waals surface area contributed by atoms with Crippen molar-refractivity contribution in [1.82, 2.24) is 15.1 Å². The average Bonchev–Trinajstić information content (AvgIpc) is 2.11. The Bertz CT molecular complexity index is 199. The SMILES string of the molecule is C=C(CN(C)C)CN(C)C[C@H](NC)C(C)C. The third-order valence-electron chi connectivity index (χ3n) is 2.72. The van der Waals surface area contributed by atoms with Gasteiger partial charge >= 0.3 is 0 Å². The number of nitrogens with one attached hydrogen (secondary N) is 1. The highest BCUT2D eigenvalue weighted by atomic mass is 15.1. The van der Waals surface area contributed by atoms with E-state index in [1.807, 2.05) is 7.05 Å². The zero-order chi connectivity index (χ0) is 12.7. The largest absolute Gasteiger partial charge is 0.315 e. The first-order chi connectivity index (χ1) is 7.36. The van der Waals surface area contributed by atoms with E-state index in [0.29, 0.717) is 12.0 Å². The molecular formula is C13H29N3. The predicted octanol–water partition coefficient (Wildman–Crippen LogP) is 1.28. The molecule has 1 atom stereocenters. The van der Waals surface area contributed by atoms with Gasteiger partial charge in [-0.1, -0.05) is 20.4 Å². The average molecular weight is 227 g/mol. The maximum atomic E-state index is 4.11. The van der Waals surface area contributed by atoms with E-state index >= 15 is 0 Å². The summed E-state index contributed by atoms with van der Waals surface area (Å²) in [6, 6.07) is 0.553. The van der Waals surface area contributed by atoms with Gasteiger partial charge in [-0.25, -0.2) is 0 Å². The topological polar surface area (TPSA) is 18.5 Å². The van der Waals surface area contributed by atoms with Crippen LogP contribution in [0.2, 0.25) is 0 Å². The Morgan fingerprint density at radius 2 is 1.75 bits per heavy atom. The first-order valence-electron chi connectivity index (χ1n) is 6.04. The van der Waals surface area contributed by atoms with Gasteiger partial charge in [-0.15, -0.1) is 0 Å². The fraction of sp³-hybridized carbons (Fsp3) is 0.846. The Balaban J connectivity index is 3.97. The monoisotopic (exact) mass is 227 g/mol. The Labute approximate surface area is 101 Å². The molecule has 0 unspecified atom stereocenters. The summed E-state index contributed by atoms with van der Waals surface area (Å²) in [5.41, 5.74) is 1.27. The minimum Gasteiger partial charge on any atom is -0.315 e. The van der Waals surface area contributed by atoms with Gasteiger partial charge in [0.2, 0.25) is 0 Å². The molecule has 0 bridgehead atoms. The highest BCUT2D eigenvalue weighted by Gasteiger charge is 2.13. The van der Waals surface area contributed by atoms with Gasteiger partial charge in [-0.2, -0.15) is 0 Å². The van der Waals surface area contributed by atoms with Gasteiger partial charge in [0, 0.05) is 25.7 Å². The number of likely N-dealkylation sites (N-methyl/N-ethyl adjacent to an activating group) is 3. The molecule has 0 amide bonds. The van der Waals surface area contributed by atoms with Crippen molar-refractivity contribution in [2.24, 2.45) is 5.92 Å². The molecule has 0 saturated carbocycles. The quantitative estimate of drug-likeness (QED) is 0.630. The van der Waals surface area contributed by atoms with Gasteiger partial charge in [0.05, 0.1) is 0 Å². The van der Waals surface area contributed by atoms with Crippen LogP contribution in [-0.2, 0) is 0 Å². The molecule has 0 aromatic carbocycles. The zero-order valence-electron chi connectivity index (χ0n) is 11.9. The second-order valence-electron chi connectivity index (χ2n) is 5.32. The molecule has 0 aromatic heterocycles. The number of hydrogen-bond donors (Lipinski definition) is 1. The standard InChI is InChI=1S/C13H29N3/c1-11(2)13(14-4)10-16(7)9-12(3)8-15(5)6/h11,13-14H,3,8-10H2,1-2,4-7H3/t13-/m0/s1. The highest BCUT2D eigenvalue weighted by Crippen LogP contribution is 2.04. The molecule has 0 aromatic rings. The first-order valence-corrected chi connectivity index (χ1v) is 6.04. The summed E-state index contributed by atoms with van der Waals surface area (Å²) < 4.78 is 0. The summed E-state index contributed by atoms with van der Waals surface area (Å²) >= 11 is 0. The Kier molecular flexibility index (Phi) is 7.64. The molecular weight excluding hydrogens is 198 g/mol. The summed E-state index contributed by atoms with van der Waals surface area (Å²) in [6.45, 7) is 11.6. The molecule has 1 N–H and O–H groups in total. The summed E-state index contributed by atoms with van der Waals surface area (Å²) in [5.74, 6) is 0.662. The van der Waals surface area contributed by atoms with Gasteiger partial charge in [-0.05, 0) is 39.7 Å². The molecule has 0 rings (SSSR count). The Morgan fingerprint density at radius 1 is 1.19 bits per heavy atom. The van der Waals surface area contributed by atoms with Crippen molar-refractivity contribution >= 4 is 0 Å². The first kappa shape index (κ1) is 15.6. The number of nitrogens with zero attached hydrogens (tertiary/aromatic N) is 2. The lowest BCUT2D eigenvalue weighted by atomic mass is 10.0. The molecule has 16 heavy (non-hydrogen) atoms. The lowest BCUT2D eigenvalue weighted by molar-refractivity contribution is 0.272. The molecule has 0 heterocycles. The lowest BCUT2D eigenvalue weighted by Crippen LogP contribution is -2.42. The minimum absolute atomic E-state index is 0.553. The van der Waals surface area contributed by atoms with Crippen molar-refractivity contribution in [2.75, 3.05) is 47.8 Å². The van der Waals surface area contributed by atoms with Gasteiger partial charge < -0.3 is 15.1 Å². The molecule has 0 aliphatic carbocycles. The summed E-state index contributed by atoms with van der Waals surface area (Å²) in [5, 5.41) is 3.36. The third kappa shape index (κ3) is 6.99. The van der Waals surface area contributed by atoms with Crippen molar-refractivity contribution in [3.8, 4) is 0 Å². The van der Waals surface area contributed by atoms with Crippen LogP contribution < -0.4 is 5.32 Å². The van der Waals surface area contributed by atoms with E-state index in [9.17, 15) is 0 Å². The van der Waals surface area contributed by atoms with Crippen LogP contribution in [0.4, 0.5) is 0 Å². The maximum Gasteiger partial charge on any atom is 0.0214 e. The highest BCUT2D eigenvalue weighted by molar-refractivity contribution is 4.99. The van der Waals surface area contributed by atoms with Crippen LogP contribution in [0.15, 0.2) is 12.2 Å². The van der Waals surface area contributed by atoms with Crippen LogP contribution in [0, 0.1) is 5.92 Å². The maximum absolute atomic E-state index is 4.11. The van der Waals surface area contributed by atoms with E-state index < -0.39 is 0 Å². The second-order valence-corrected chi connectivity index (χ2v) is 5.32. The molecule has 0 spiro atoms. The van der Waals surface area contributed by atoms with Crippen molar-refractivity contribution in [1.29, 1.82) is 0 Å². The van der Waals surface area contributed by atoms with Gasteiger partial charge in [0.15, 0.2) is 0 Å². The van der Waals surface area contributed by atoms with Crippen LogP contribution >= 0.6 is 0 Å². The normalized spacial score (nSPS) is 13.8. The molecule has 0 aliphatic heterocycles. The van der Waals surface area contributed by atoms with Crippen LogP contribution in [0.5, 0.6) is 0 Å². The molecule has 3 heteroatoms. The molecule has 0 saturated heterocycles. The van der Waals surface area contributed by atoms with Crippen LogP contribution in [-0.4, -0.2) is 63.7 Å². The van der Waals surface area contributed by atoms with Crippen LogP contribution in [0.3, 0.4) is 0 Å². The van der Waals surface area contributed by atoms with Gasteiger partial charge in [-0.3, -0.25) is 0 Å². The molecule has 0 radical (unpaired) electrons. The lowest BCUT2D eigenvalue weighted by Gasteiger charge is -2.27. The van der Waals surface area contributed by atoms with Crippen molar-refractivity contribution < 1.29 is 0 Å². The smallest absolute Gasteiger partial charge is 0.0214 e. The third-order valence-corrected chi connectivity index (χ3v) is 2.72. The number of hydrogen-bond acceptors (Lipinski definition) is 3.